The van der Waals surface area contributed by atoms with Gasteiger partial charge in [0.2, 0.25) is 11.8 Å². The van der Waals surface area contributed by atoms with Crippen LogP contribution in [0.1, 0.15) is 50.7 Å². The molecule has 2 rings (SSSR count). The fourth-order valence-electron chi connectivity index (χ4n) is 2.54. The summed E-state index contributed by atoms with van der Waals surface area (Å²) >= 11 is 0. The van der Waals surface area contributed by atoms with Crippen LogP contribution in [0.4, 0.5) is 4.79 Å². The van der Waals surface area contributed by atoms with Crippen molar-refractivity contribution in [1.82, 2.24) is 10.6 Å². The van der Waals surface area contributed by atoms with E-state index in [-0.39, 0.29) is 17.7 Å². The Kier molecular flexibility index (Phi) is 5.96. The Morgan fingerprint density at radius 1 is 1.36 bits per heavy atom. The molecule has 1 aliphatic rings. The lowest BCUT2D eigenvalue weighted by Crippen LogP contribution is -2.39. The molecule has 25 heavy (non-hydrogen) atoms. The van der Waals surface area contributed by atoms with E-state index in [1.54, 1.807) is 0 Å². The van der Waals surface area contributed by atoms with Crippen LogP contribution in [0.15, 0.2) is 30.3 Å². The zero-order chi connectivity index (χ0) is 18.4. The Balaban J connectivity index is 1.92. The zero-order valence-corrected chi connectivity index (χ0v) is 14.8. The Labute approximate surface area is 147 Å². The molecule has 0 saturated carbocycles. The molecule has 0 radical (unpaired) electrons. The van der Waals surface area contributed by atoms with Crippen LogP contribution in [-0.2, 0) is 14.3 Å². The molecule has 1 unspecified atom stereocenters. The van der Waals surface area contributed by atoms with Crippen molar-refractivity contribution < 1.29 is 19.1 Å². The van der Waals surface area contributed by atoms with Gasteiger partial charge in [0.05, 0.1) is 5.92 Å². The number of amides is 3. The van der Waals surface area contributed by atoms with Crippen LogP contribution < -0.4 is 10.6 Å². The average Bonchev–Trinajstić information content (AvgIpc) is 2.50. The summed E-state index contributed by atoms with van der Waals surface area (Å²) in [6, 6.07) is 7.60. The summed E-state index contributed by atoms with van der Waals surface area (Å²) in [5, 5.41) is 5.02. The molecule has 1 aliphatic heterocycles. The van der Waals surface area contributed by atoms with Crippen LogP contribution in [-0.4, -0.2) is 30.1 Å². The van der Waals surface area contributed by atoms with Crippen molar-refractivity contribution in [3.63, 3.8) is 0 Å². The van der Waals surface area contributed by atoms with Crippen LogP contribution >= 0.6 is 0 Å². The van der Waals surface area contributed by atoms with Crippen molar-refractivity contribution in [1.29, 1.82) is 0 Å². The van der Waals surface area contributed by atoms with Crippen LogP contribution in [0.5, 0.6) is 0 Å². The first-order chi connectivity index (χ1) is 11.7. The molecule has 6 nitrogen and oxygen atoms in total. The van der Waals surface area contributed by atoms with Crippen molar-refractivity contribution in [3.05, 3.63) is 41.5 Å². The van der Waals surface area contributed by atoms with E-state index in [4.69, 9.17) is 4.74 Å². The molecular formula is C19H24N2O4. The standard InChI is InChI=1S/C19H24N2O4/c1-19(2,3)25-18(24)20-11-5-7-13-6-4-8-14(12-13)15-9-10-16(22)21-17(15)23/h4-8,12,15H,9-11H2,1-3H3,(H,20,24)(H,21,22,23)/b7-5+. The van der Waals surface area contributed by atoms with E-state index in [9.17, 15) is 14.4 Å². The van der Waals surface area contributed by atoms with Gasteiger partial charge in [0, 0.05) is 13.0 Å². The van der Waals surface area contributed by atoms with E-state index < -0.39 is 11.7 Å². The molecule has 1 aromatic carbocycles. The van der Waals surface area contributed by atoms with Gasteiger partial charge in [0.1, 0.15) is 5.60 Å². The Hall–Kier alpha value is -2.63. The summed E-state index contributed by atoms with van der Waals surface area (Å²) in [5.41, 5.74) is 1.28. The highest BCUT2D eigenvalue weighted by molar-refractivity contribution is 6.00. The molecule has 0 bridgehead atoms. The predicted octanol–water partition coefficient (Wildman–Crippen LogP) is 2.74. The molecule has 0 aromatic heterocycles. The van der Waals surface area contributed by atoms with Crippen LogP contribution in [0.2, 0.25) is 0 Å². The molecule has 1 aromatic rings. The number of nitrogens with one attached hydrogen (secondary N) is 2. The molecule has 1 heterocycles. The Morgan fingerprint density at radius 3 is 2.80 bits per heavy atom. The Bertz CT molecular complexity index is 689. The number of hydrogen-bond donors (Lipinski definition) is 2. The summed E-state index contributed by atoms with van der Waals surface area (Å²) in [6.07, 6.45) is 4.10. The molecule has 2 N–H and O–H groups in total. The molecule has 1 saturated heterocycles. The van der Waals surface area contributed by atoms with Gasteiger partial charge in [0.25, 0.3) is 0 Å². The van der Waals surface area contributed by atoms with Gasteiger partial charge in [-0.1, -0.05) is 36.4 Å². The van der Waals surface area contributed by atoms with Crippen LogP contribution in [0, 0.1) is 0 Å². The number of rotatable bonds is 4. The van der Waals surface area contributed by atoms with Gasteiger partial charge >= 0.3 is 6.09 Å². The molecule has 1 fully saturated rings. The molecular weight excluding hydrogens is 320 g/mol. The smallest absolute Gasteiger partial charge is 0.407 e. The molecule has 0 spiro atoms. The van der Waals surface area contributed by atoms with Crippen molar-refractivity contribution in [2.45, 2.75) is 45.1 Å². The lowest BCUT2D eigenvalue weighted by Gasteiger charge is -2.21. The minimum Gasteiger partial charge on any atom is -0.444 e. The van der Waals surface area contributed by atoms with E-state index >= 15 is 0 Å². The number of carbonyl (C=O) groups excluding carboxylic acids is 3. The van der Waals surface area contributed by atoms with Gasteiger partial charge in [-0.2, -0.15) is 0 Å². The van der Waals surface area contributed by atoms with Gasteiger partial charge in [-0.3, -0.25) is 14.9 Å². The highest BCUT2D eigenvalue weighted by Gasteiger charge is 2.27. The molecule has 3 amide bonds. The number of hydrogen-bond acceptors (Lipinski definition) is 4. The minimum absolute atomic E-state index is 0.217. The molecule has 134 valence electrons. The number of piperidine rings is 1. The second kappa shape index (κ2) is 7.96. The van der Waals surface area contributed by atoms with Gasteiger partial charge in [-0.05, 0) is 38.3 Å². The fraction of sp³-hybridized carbons (Fsp3) is 0.421. The van der Waals surface area contributed by atoms with E-state index in [2.05, 4.69) is 10.6 Å². The van der Waals surface area contributed by atoms with E-state index in [0.717, 1.165) is 11.1 Å². The van der Waals surface area contributed by atoms with Crippen molar-refractivity contribution in [2.75, 3.05) is 6.54 Å². The summed E-state index contributed by atoms with van der Waals surface area (Å²) in [5.74, 6) is -0.763. The molecule has 1 atom stereocenters. The number of imide groups is 1. The summed E-state index contributed by atoms with van der Waals surface area (Å²) in [6.45, 7) is 5.77. The topological polar surface area (TPSA) is 84.5 Å². The van der Waals surface area contributed by atoms with E-state index in [1.165, 1.54) is 0 Å². The summed E-state index contributed by atoms with van der Waals surface area (Å²) in [4.78, 5) is 34.8. The largest absolute Gasteiger partial charge is 0.444 e. The highest BCUT2D eigenvalue weighted by Crippen LogP contribution is 2.25. The molecule has 6 heteroatoms. The first-order valence-electron chi connectivity index (χ1n) is 8.31. The van der Waals surface area contributed by atoms with Crippen molar-refractivity contribution >= 4 is 24.0 Å². The van der Waals surface area contributed by atoms with E-state index in [1.807, 2.05) is 57.2 Å². The monoisotopic (exact) mass is 344 g/mol. The highest BCUT2D eigenvalue weighted by atomic mass is 16.6. The number of benzene rings is 1. The fourth-order valence-corrected chi connectivity index (χ4v) is 2.54. The third kappa shape index (κ3) is 6.06. The lowest BCUT2D eigenvalue weighted by atomic mass is 9.89. The quantitative estimate of drug-likeness (QED) is 0.823. The number of alkyl carbamates (subject to hydrolysis) is 1. The third-order valence-electron chi connectivity index (χ3n) is 3.63. The summed E-state index contributed by atoms with van der Waals surface area (Å²) in [7, 11) is 0. The average molecular weight is 344 g/mol. The maximum atomic E-state index is 12.0. The Morgan fingerprint density at radius 2 is 2.12 bits per heavy atom. The van der Waals surface area contributed by atoms with E-state index in [0.29, 0.717) is 19.4 Å². The number of carbonyl (C=O) groups is 3. The van der Waals surface area contributed by atoms with Crippen LogP contribution in [0.3, 0.4) is 0 Å². The lowest BCUT2D eigenvalue weighted by molar-refractivity contribution is -0.134. The van der Waals surface area contributed by atoms with Gasteiger partial charge < -0.3 is 10.1 Å². The van der Waals surface area contributed by atoms with Gasteiger partial charge in [0.15, 0.2) is 0 Å². The predicted molar refractivity (Wildman–Crippen MR) is 94.8 cm³/mol. The second-order valence-electron chi connectivity index (χ2n) is 6.96. The number of ether oxygens (including phenoxy) is 1. The van der Waals surface area contributed by atoms with Crippen molar-refractivity contribution in [2.24, 2.45) is 0 Å². The first-order valence-corrected chi connectivity index (χ1v) is 8.31. The van der Waals surface area contributed by atoms with Crippen LogP contribution in [0.25, 0.3) is 6.08 Å². The summed E-state index contributed by atoms with van der Waals surface area (Å²) < 4.78 is 5.15. The normalized spacial score (nSPS) is 18.1. The zero-order valence-electron chi connectivity index (χ0n) is 14.8. The SMILES string of the molecule is CC(C)(C)OC(=O)NC/C=C/c1cccc(C2CCC(=O)NC2=O)c1. The molecule has 0 aliphatic carbocycles. The second-order valence-corrected chi connectivity index (χ2v) is 6.96. The third-order valence-corrected chi connectivity index (χ3v) is 3.63. The minimum atomic E-state index is -0.524. The van der Waals surface area contributed by atoms with Gasteiger partial charge in [-0.25, -0.2) is 4.79 Å². The van der Waals surface area contributed by atoms with Crippen molar-refractivity contribution in [3.8, 4) is 0 Å². The maximum absolute atomic E-state index is 12.0. The van der Waals surface area contributed by atoms with Gasteiger partial charge in [-0.15, -0.1) is 0 Å². The first kappa shape index (κ1) is 18.7. The maximum Gasteiger partial charge on any atom is 0.407 e.